The van der Waals surface area contributed by atoms with E-state index >= 15 is 0 Å². The van der Waals surface area contributed by atoms with Crippen molar-refractivity contribution in [3.63, 3.8) is 0 Å². The van der Waals surface area contributed by atoms with Crippen LogP contribution in [0, 0.1) is 0 Å². The monoisotopic (exact) mass is 349 g/mol. The summed E-state index contributed by atoms with van der Waals surface area (Å²) in [7, 11) is 0. The molecule has 2 aromatic carbocycles. The molecular formula is C21H19NO4. The Bertz CT molecular complexity index is 858. The van der Waals surface area contributed by atoms with Crippen molar-refractivity contribution < 1.29 is 19.1 Å². The molecule has 0 amide bonds. The van der Waals surface area contributed by atoms with Gasteiger partial charge in [0, 0.05) is 12.5 Å². The van der Waals surface area contributed by atoms with Crippen molar-refractivity contribution in [2.45, 2.75) is 25.5 Å². The second-order valence-electron chi connectivity index (χ2n) is 6.12. The Hall–Kier alpha value is -3.21. The van der Waals surface area contributed by atoms with Gasteiger partial charge in [-0.1, -0.05) is 54.6 Å². The van der Waals surface area contributed by atoms with Crippen LogP contribution in [0.15, 0.2) is 71.7 Å². The zero-order valence-corrected chi connectivity index (χ0v) is 14.6. The Kier molecular flexibility index (Phi) is 4.98. The van der Waals surface area contributed by atoms with Crippen molar-refractivity contribution in [1.82, 2.24) is 0 Å². The lowest BCUT2D eigenvalue weighted by molar-refractivity contribution is -0.152. The minimum atomic E-state index is -1.35. The van der Waals surface area contributed by atoms with Crippen molar-refractivity contribution in [1.29, 1.82) is 0 Å². The van der Waals surface area contributed by atoms with E-state index in [1.54, 1.807) is 31.2 Å². The van der Waals surface area contributed by atoms with Gasteiger partial charge in [0.15, 0.2) is 11.6 Å². The Morgan fingerprint density at radius 2 is 1.73 bits per heavy atom. The minimum Gasteiger partial charge on any atom is -0.455 e. The fourth-order valence-corrected chi connectivity index (χ4v) is 2.64. The van der Waals surface area contributed by atoms with Gasteiger partial charge in [0.05, 0.1) is 0 Å². The summed E-state index contributed by atoms with van der Waals surface area (Å²) in [6.45, 7) is 2.91. The number of hydrogen-bond donors (Lipinski definition) is 0. The molecule has 5 heteroatoms. The van der Waals surface area contributed by atoms with Crippen LogP contribution in [0.2, 0.25) is 0 Å². The van der Waals surface area contributed by atoms with E-state index in [4.69, 9.17) is 9.47 Å². The highest BCUT2D eigenvalue weighted by Gasteiger charge is 2.49. The van der Waals surface area contributed by atoms with Crippen molar-refractivity contribution >= 4 is 23.9 Å². The second kappa shape index (κ2) is 7.35. The lowest BCUT2D eigenvalue weighted by Gasteiger charge is -2.24. The maximum Gasteiger partial charge on any atom is 0.344 e. The Balaban J connectivity index is 1.94. The van der Waals surface area contributed by atoms with Crippen LogP contribution >= 0.6 is 0 Å². The first-order valence-corrected chi connectivity index (χ1v) is 8.27. The number of benzene rings is 2. The largest absolute Gasteiger partial charge is 0.455 e. The van der Waals surface area contributed by atoms with E-state index in [1.807, 2.05) is 48.5 Å². The average molecular weight is 349 g/mol. The number of cyclic esters (lactones) is 1. The van der Waals surface area contributed by atoms with Crippen LogP contribution in [0.4, 0.5) is 0 Å². The van der Waals surface area contributed by atoms with E-state index < -0.39 is 23.6 Å². The molecule has 0 saturated carbocycles. The quantitative estimate of drug-likeness (QED) is 0.776. The molecule has 0 saturated heterocycles. The highest BCUT2D eigenvalue weighted by Crippen LogP contribution is 2.29. The third-order valence-electron chi connectivity index (χ3n) is 4.07. The van der Waals surface area contributed by atoms with Gasteiger partial charge in [0.1, 0.15) is 0 Å². The molecule has 0 bridgehead atoms. The molecule has 2 atom stereocenters. The van der Waals surface area contributed by atoms with E-state index in [1.165, 1.54) is 6.92 Å². The molecule has 0 unspecified atom stereocenters. The number of rotatable bonds is 5. The first kappa shape index (κ1) is 17.6. The summed E-state index contributed by atoms with van der Waals surface area (Å²) in [6.07, 6.45) is 2.58. The smallest absolute Gasteiger partial charge is 0.344 e. The summed E-state index contributed by atoms with van der Waals surface area (Å²) in [5.74, 6) is -0.825. The topological polar surface area (TPSA) is 65.0 Å². The number of aliphatic imine (C=N–C) groups is 1. The van der Waals surface area contributed by atoms with Gasteiger partial charge in [-0.2, -0.15) is 0 Å². The standard InChI is InChI=1S/C21H19NO4/c1-15(23)25-18(14-13-16-9-5-3-6-10-16)21(2)20(24)26-19(22-21)17-11-7-4-8-12-17/h3-14,18H,1-2H3/b14-13+/t18-,21+/m1/s1. The van der Waals surface area contributed by atoms with E-state index in [0.29, 0.717) is 5.56 Å². The van der Waals surface area contributed by atoms with E-state index in [-0.39, 0.29) is 5.90 Å². The molecule has 0 N–H and O–H groups in total. The summed E-state index contributed by atoms with van der Waals surface area (Å²) in [5, 5.41) is 0. The van der Waals surface area contributed by atoms with Crippen LogP contribution in [0.5, 0.6) is 0 Å². The van der Waals surface area contributed by atoms with E-state index in [9.17, 15) is 9.59 Å². The number of ether oxygens (including phenoxy) is 2. The third kappa shape index (κ3) is 3.72. The maximum absolute atomic E-state index is 12.6. The third-order valence-corrected chi connectivity index (χ3v) is 4.07. The number of carbonyl (C=O) groups excluding carboxylic acids is 2. The van der Waals surface area contributed by atoms with Crippen molar-refractivity contribution in [2.24, 2.45) is 4.99 Å². The molecule has 26 heavy (non-hydrogen) atoms. The number of nitrogens with zero attached hydrogens (tertiary/aromatic N) is 1. The molecule has 0 aromatic heterocycles. The summed E-state index contributed by atoms with van der Waals surface area (Å²) < 4.78 is 10.7. The molecule has 0 spiro atoms. The van der Waals surface area contributed by atoms with Gasteiger partial charge in [-0.25, -0.2) is 9.79 Å². The van der Waals surface area contributed by atoms with Crippen molar-refractivity contribution in [3.8, 4) is 0 Å². The molecule has 1 aliphatic rings. The minimum absolute atomic E-state index is 0.225. The molecule has 2 aromatic rings. The fraction of sp³-hybridized carbons (Fsp3) is 0.190. The van der Waals surface area contributed by atoms with E-state index in [0.717, 1.165) is 5.56 Å². The fourth-order valence-electron chi connectivity index (χ4n) is 2.64. The van der Waals surface area contributed by atoms with Gasteiger partial charge in [0.2, 0.25) is 5.90 Å². The predicted octanol–water partition coefficient (Wildman–Crippen LogP) is 3.39. The van der Waals surface area contributed by atoms with Crippen molar-refractivity contribution in [3.05, 3.63) is 77.9 Å². The second-order valence-corrected chi connectivity index (χ2v) is 6.12. The van der Waals surface area contributed by atoms with Gasteiger partial charge in [-0.05, 0) is 30.7 Å². The summed E-state index contributed by atoms with van der Waals surface area (Å²) in [5.41, 5.74) is 0.271. The van der Waals surface area contributed by atoms with Crippen molar-refractivity contribution in [2.75, 3.05) is 0 Å². The maximum atomic E-state index is 12.6. The first-order valence-electron chi connectivity index (χ1n) is 8.27. The molecule has 5 nitrogen and oxygen atoms in total. The zero-order chi connectivity index (χ0) is 18.6. The normalized spacial score (nSPS) is 20.5. The number of carbonyl (C=O) groups is 2. The highest BCUT2D eigenvalue weighted by molar-refractivity contribution is 6.08. The molecular weight excluding hydrogens is 330 g/mol. The molecule has 0 aliphatic carbocycles. The summed E-state index contributed by atoms with van der Waals surface area (Å²) in [4.78, 5) is 28.6. The van der Waals surface area contributed by atoms with Gasteiger partial charge in [-0.15, -0.1) is 0 Å². The van der Waals surface area contributed by atoms with Crippen LogP contribution in [0.25, 0.3) is 6.08 Å². The van der Waals surface area contributed by atoms with Crippen LogP contribution < -0.4 is 0 Å². The number of esters is 2. The van der Waals surface area contributed by atoms with Gasteiger partial charge in [-0.3, -0.25) is 4.79 Å². The molecule has 0 radical (unpaired) electrons. The zero-order valence-electron chi connectivity index (χ0n) is 14.6. The molecule has 1 aliphatic heterocycles. The molecule has 3 rings (SSSR count). The Morgan fingerprint density at radius 1 is 1.12 bits per heavy atom. The van der Waals surface area contributed by atoms with Gasteiger partial charge < -0.3 is 9.47 Å². The van der Waals surface area contributed by atoms with Crippen LogP contribution in [0.3, 0.4) is 0 Å². The summed E-state index contributed by atoms with van der Waals surface area (Å²) >= 11 is 0. The Morgan fingerprint density at radius 3 is 2.35 bits per heavy atom. The van der Waals surface area contributed by atoms with E-state index in [2.05, 4.69) is 4.99 Å². The lowest BCUT2D eigenvalue weighted by atomic mass is 9.95. The SMILES string of the molecule is CC(=O)O[C@H](/C=C/c1ccccc1)[C@]1(C)N=C(c2ccccc2)OC1=O. The van der Waals surface area contributed by atoms with Crippen LogP contribution in [0.1, 0.15) is 25.0 Å². The first-order chi connectivity index (χ1) is 12.5. The molecule has 0 fully saturated rings. The Labute approximate surface area is 152 Å². The van der Waals surface area contributed by atoms with Gasteiger partial charge in [0.25, 0.3) is 0 Å². The molecule has 1 heterocycles. The van der Waals surface area contributed by atoms with Crippen LogP contribution in [-0.4, -0.2) is 29.5 Å². The van der Waals surface area contributed by atoms with Crippen LogP contribution in [-0.2, 0) is 19.1 Å². The lowest BCUT2D eigenvalue weighted by Crippen LogP contribution is -2.44. The highest BCUT2D eigenvalue weighted by atomic mass is 16.6. The van der Waals surface area contributed by atoms with Gasteiger partial charge >= 0.3 is 11.9 Å². The molecule has 132 valence electrons. The number of hydrogen-bond acceptors (Lipinski definition) is 5. The summed E-state index contributed by atoms with van der Waals surface area (Å²) in [6, 6.07) is 18.7. The predicted molar refractivity (Wildman–Crippen MR) is 98.5 cm³/mol. The average Bonchev–Trinajstić information content (AvgIpc) is 2.96.